The second kappa shape index (κ2) is 6.35. The fourth-order valence-electron chi connectivity index (χ4n) is 3.44. The van der Waals surface area contributed by atoms with Gasteiger partial charge in [0.05, 0.1) is 5.56 Å². The van der Waals surface area contributed by atoms with Gasteiger partial charge in [-0.3, -0.25) is 4.79 Å². The third-order valence-corrected chi connectivity index (χ3v) is 4.77. The highest BCUT2D eigenvalue weighted by molar-refractivity contribution is 6.32. The Balaban J connectivity index is 1.76. The van der Waals surface area contributed by atoms with Gasteiger partial charge in [0.15, 0.2) is 0 Å². The molecule has 4 nitrogen and oxygen atoms in total. The summed E-state index contributed by atoms with van der Waals surface area (Å²) in [5.74, 6) is 0.447. The quantitative estimate of drug-likeness (QED) is 0.272. The van der Waals surface area contributed by atoms with Crippen LogP contribution in [0.2, 0.25) is 0 Å². The monoisotopic (exact) mass is 366 g/mol. The van der Waals surface area contributed by atoms with E-state index in [2.05, 4.69) is 0 Å². The Kier molecular flexibility index (Phi) is 3.69. The van der Waals surface area contributed by atoms with Crippen molar-refractivity contribution >= 4 is 23.1 Å². The molecule has 0 radical (unpaired) electrons. The molecule has 2 heterocycles. The molecule has 0 spiro atoms. The number of Topliss-reactive ketones (excluding diaryl/α,β-unsaturated/α-hetero) is 1. The van der Waals surface area contributed by atoms with Crippen molar-refractivity contribution in [3.05, 3.63) is 107 Å². The van der Waals surface area contributed by atoms with Crippen LogP contribution >= 0.6 is 0 Å². The molecule has 0 amide bonds. The van der Waals surface area contributed by atoms with Crippen LogP contribution in [-0.4, -0.2) is 11.8 Å². The summed E-state index contributed by atoms with van der Waals surface area (Å²) in [5.41, 5.74) is 2.44. The van der Waals surface area contributed by atoms with Gasteiger partial charge in [0.1, 0.15) is 22.8 Å². The fraction of sp³-hybridized carbons (Fsp3) is 0. The average molecular weight is 366 g/mol. The summed E-state index contributed by atoms with van der Waals surface area (Å²) in [5, 5.41) is 0. The van der Waals surface area contributed by atoms with Crippen LogP contribution in [0.25, 0.3) is 11.3 Å². The molecule has 2 aliphatic rings. The molecule has 4 heteroatoms. The molecule has 2 aliphatic heterocycles. The normalized spacial score (nSPS) is 17.8. The molecular formula is C24H14O4. The number of hydrogen-bond donors (Lipinski definition) is 0. The number of ether oxygens (including phenoxy) is 2. The van der Waals surface area contributed by atoms with Gasteiger partial charge < -0.3 is 9.47 Å². The number of hydrogen-bond acceptors (Lipinski definition) is 4. The number of fused-ring (bicyclic) bond motifs is 2. The molecule has 0 saturated heterocycles. The predicted molar refractivity (Wildman–Crippen MR) is 105 cm³/mol. The Morgan fingerprint density at radius 2 is 1.21 bits per heavy atom. The van der Waals surface area contributed by atoms with E-state index in [9.17, 15) is 9.59 Å². The summed E-state index contributed by atoms with van der Waals surface area (Å²) < 4.78 is 11.5. The van der Waals surface area contributed by atoms with E-state index in [1.54, 1.807) is 30.3 Å². The maximum atomic E-state index is 13.2. The molecule has 0 N–H and O–H groups in total. The second-order valence-corrected chi connectivity index (χ2v) is 6.48. The number of carbonyl (C=O) groups excluding carboxylic acids is 2. The smallest absolute Gasteiger partial charge is 0.348 e. The van der Waals surface area contributed by atoms with E-state index < -0.39 is 5.97 Å². The van der Waals surface area contributed by atoms with E-state index in [1.807, 2.05) is 54.6 Å². The molecule has 0 bridgehead atoms. The highest BCUT2D eigenvalue weighted by Gasteiger charge is 2.35. The number of carbonyl (C=O) groups is 2. The minimum absolute atomic E-state index is 0.0166. The highest BCUT2D eigenvalue weighted by atomic mass is 16.5. The van der Waals surface area contributed by atoms with Crippen LogP contribution in [0.4, 0.5) is 0 Å². The third-order valence-electron chi connectivity index (χ3n) is 4.77. The van der Waals surface area contributed by atoms with Gasteiger partial charge in [-0.2, -0.15) is 0 Å². The molecule has 28 heavy (non-hydrogen) atoms. The van der Waals surface area contributed by atoms with Crippen molar-refractivity contribution in [1.82, 2.24) is 0 Å². The largest absolute Gasteiger partial charge is 0.456 e. The van der Waals surface area contributed by atoms with Gasteiger partial charge in [-0.15, -0.1) is 0 Å². The summed E-state index contributed by atoms with van der Waals surface area (Å²) in [6.07, 6.45) is 1.74. The SMILES string of the molecule is O=C1Oc2ccccc2C(=O)/C1=C1\C=C(c2ccccc2)Oc2ccccc21. The Morgan fingerprint density at radius 3 is 1.96 bits per heavy atom. The van der Waals surface area contributed by atoms with E-state index in [0.29, 0.717) is 28.2 Å². The van der Waals surface area contributed by atoms with E-state index >= 15 is 0 Å². The predicted octanol–water partition coefficient (Wildman–Crippen LogP) is 4.68. The topological polar surface area (TPSA) is 52.6 Å². The van der Waals surface area contributed by atoms with Crippen LogP contribution < -0.4 is 9.47 Å². The van der Waals surface area contributed by atoms with Crippen molar-refractivity contribution in [2.75, 3.05) is 0 Å². The van der Waals surface area contributed by atoms with Gasteiger partial charge in [-0.25, -0.2) is 4.79 Å². The van der Waals surface area contributed by atoms with Crippen LogP contribution in [0.3, 0.4) is 0 Å². The van der Waals surface area contributed by atoms with Crippen molar-refractivity contribution in [2.24, 2.45) is 0 Å². The lowest BCUT2D eigenvalue weighted by Crippen LogP contribution is -2.26. The summed E-state index contributed by atoms with van der Waals surface area (Å²) in [6.45, 7) is 0. The Bertz CT molecular complexity index is 1190. The molecule has 0 unspecified atom stereocenters. The lowest BCUT2D eigenvalue weighted by molar-refractivity contribution is -0.130. The van der Waals surface area contributed by atoms with Crippen LogP contribution in [0.1, 0.15) is 21.5 Å². The Morgan fingerprint density at radius 1 is 0.607 bits per heavy atom. The van der Waals surface area contributed by atoms with Crippen LogP contribution in [-0.2, 0) is 4.79 Å². The van der Waals surface area contributed by atoms with Gasteiger partial charge >= 0.3 is 5.97 Å². The Labute approximate surface area is 161 Å². The fourth-order valence-corrected chi connectivity index (χ4v) is 3.44. The van der Waals surface area contributed by atoms with Crippen LogP contribution in [0.5, 0.6) is 11.5 Å². The first-order valence-electron chi connectivity index (χ1n) is 8.87. The lowest BCUT2D eigenvalue weighted by atomic mass is 9.89. The van der Waals surface area contributed by atoms with Crippen LogP contribution in [0.15, 0.2) is 90.5 Å². The van der Waals surface area contributed by atoms with Crippen LogP contribution in [0, 0.1) is 0 Å². The van der Waals surface area contributed by atoms with Crippen molar-refractivity contribution in [2.45, 2.75) is 0 Å². The molecule has 0 aromatic heterocycles. The first kappa shape index (κ1) is 16.3. The summed E-state index contributed by atoms with van der Waals surface area (Å²) in [6, 6.07) is 23.7. The van der Waals surface area contributed by atoms with Crippen molar-refractivity contribution in [3.8, 4) is 11.5 Å². The first-order chi connectivity index (χ1) is 13.7. The zero-order chi connectivity index (χ0) is 19.1. The maximum absolute atomic E-state index is 13.2. The number of esters is 1. The number of allylic oxidation sites excluding steroid dienone is 2. The van der Waals surface area contributed by atoms with Crippen molar-refractivity contribution in [1.29, 1.82) is 0 Å². The third kappa shape index (κ3) is 2.55. The van der Waals surface area contributed by atoms with E-state index in [1.165, 1.54) is 0 Å². The molecular weight excluding hydrogens is 352 g/mol. The number of rotatable bonds is 1. The van der Waals surface area contributed by atoms with Gasteiger partial charge in [-0.05, 0) is 24.3 Å². The highest BCUT2D eigenvalue weighted by Crippen LogP contribution is 2.41. The summed E-state index contributed by atoms with van der Waals surface area (Å²) in [7, 11) is 0. The summed E-state index contributed by atoms with van der Waals surface area (Å²) >= 11 is 0. The second-order valence-electron chi connectivity index (χ2n) is 6.48. The molecule has 0 aliphatic carbocycles. The standard InChI is InChI=1S/C24H14O4/c25-23-17-11-5-7-13-20(17)28-24(26)22(23)18-14-21(15-8-2-1-3-9-15)27-19-12-6-4-10-16(18)19/h1-14H/b22-18-. The van der Waals surface area contributed by atoms with Gasteiger partial charge in [-0.1, -0.05) is 60.7 Å². The zero-order valence-electron chi connectivity index (χ0n) is 14.7. The van der Waals surface area contributed by atoms with Gasteiger partial charge in [0.2, 0.25) is 5.78 Å². The minimum atomic E-state index is -0.654. The Hall–Kier alpha value is -3.92. The lowest BCUT2D eigenvalue weighted by Gasteiger charge is -2.24. The number of ketones is 1. The molecule has 0 atom stereocenters. The molecule has 5 rings (SSSR count). The molecule has 0 fully saturated rings. The van der Waals surface area contributed by atoms with E-state index in [-0.39, 0.29) is 17.1 Å². The molecule has 134 valence electrons. The van der Waals surface area contributed by atoms with Crippen molar-refractivity contribution < 1.29 is 19.1 Å². The average Bonchev–Trinajstić information content (AvgIpc) is 2.74. The first-order valence-corrected chi connectivity index (χ1v) is 8.87. The number of para-hydroxylation sites is 2. The van der Waals surface area contributed by atoms with Crippen molar-refractivity contribution in [3.63, 3.8) is 0 Å². The molecule has 3 aromatic rings. The summed E-state index contributed by atoms with van der Waals surface area (Å²) in [4.78, 5) is 25.9. The maximum Gasteiger partial charge on any atom is 0.348 e. The molecule has 0 saturated carbocycles. The van der Waals surface area contributed by atoms with Gasteiger partial charge in [0.25, 0.3) is 0 Å². The van der Waals surface area contributed by atoms with E-state index in [0.717, 1.165) is 5.56 Å². The van der Waals surface area contributed by atoms with Gasteiger partial charge in [0, 0.05) is 16.7 Å². The minimum Gasteiger partial charge on any atom is -0.456 e. The van der Waals surface area contributed by atoms with E-state index in [4.69, 9.17) is 9.47 Å². The molecule has 3 aromatic carbocycles. The zero-order valence-corrected chi connectivity index (χ0v) is 14.7. The number of benzene rings is 3.